The van der Waals surface area contributed by atoms with Gasteiger partial charge in [-0.1, -0.05) is 50.3 Å². The molecule has 5 nitrogen and oxygen atoms in total. The van der Waals surface area contributed by atoms with Gasteiger partial charge in [0.05, 0.1) is 5.69 Å². The Balaban J connectivity index is 1.87. The Hall–Kier alpha value is -1.11. The zero-order chi connectivity index (χ0) is 16.0. The van der Waals surface area contributed by atoms with E-state index >= 15 is 0 Å². The van der Waals surface area contributed by atoms with Gasteiger partial charge in [0, 0.05) is 12.6 Å². The molecule has 0 aromatic heterocycles. The van der Waals surface area contributed by atoms with Crippen LogP contribution in [-0.4, -0.2) is 14.5 Å². The maximum Gasteiger partial charge on any atom is 0.296 e. The van der Waals surface area contributed by atoms with Crippen LogP contribution in [0.15, 0.2) is 24.3 Å². The lowest BCUT2D eigenvalue weighted by molar-refractivity contribution is 0.305. The van der Waals surface area contributed by atoms with Crippen molar-refractivity contribution in [1.82, 2.24) is 5.32 Å². The predicted molar refractivity (Wildman–Crippen MR) is 90.7 cm³/mol. The van der Waals surface area contributed by atoms with Gasteiger partial charge in [-0.15, -0.1) is 0 Å². The summed E-state index contributed by atoms with van der Waals surface area (Å²) < 4.78 is 24.8. The fourth-order valence-corrected chi connectivity index (χ4v) is 3.72. The number of rotatable bonds is 7. The van der Waals surface area contributed by atoms with E-state index in [0.29, 0.717) is 18.3 Å². The second-order valence-electron chi connectivity index (χ2n) is 6.33. The van der Waals surface area contributed by atoms with Crippen molar-refractivity contribution in [2.45, 2.75) is 58.0 Å². The van der Waals surface area contributed by atoms with E-state index in [0.717, 1.165) is 11.5 Å². The molecular weight excluding hydrogens is 298 g/mol. The summed E-state index contributed by atoms with van der Waals surface area (Å²) in [5.74, 6) is 0.828. The zero-order valence-electron chi connectivity index (χ0n) is 13.2. The number of hydrogen-bond donors (Lipinski definition) is 3. The van der Waals surface area contributed by atoms with Gasteiger partial charge in [-0.3, -0.25) is 4.72 Å². The predicted octanol–water partition coefficient (Wildman–Crippen LogP) is 2.75. The SMILES string of the molecule is C[C@@H](CC1CCCCC1)NCc1ccccc1NS(N)(=O)=O. The van der Waals surface area contributed by atoms with Crippen LogP contribution < -0.4 is 15.2 Å². The fourth-order valence-electron chi connectivity index (χ4n) is 3.22. The van der Waals surface area contributed by atoms with Gasteiger partial charge in [0.1, 0.15) is 0 Å². The molecule has 1 fully saturated rings. The molecule has 2 rings (SSSR count). The molecule has 0 unspecified atom stereocenters. The molecule has 0 spiro atoms. The second-order valence-corrected chi connectivity index (χ2v) is 7.62. The fraction of sp³-hybridized carbons (Fsp3) is 0.625. The largest absolute Gasteiger partial charge is 0.310 e. The van der Waals surface area contributed by atoms with Crippen molar-refractivity contribution in [3.63, 3.8) is 0 Å². The van der Waals surface area contributed by atoms with Gasteiger partial charge in [0.15, 0.2) is 0 Å². The molecule has 4 N–H and O–H groups in total. The van der Waals surface area contributed by atoms with E-state index in [1.54, 1.807) is 12.1 Å². The highest BCUT2D eigenvalue weighted by Gasteiger charge is 2.16. The van der Waals surface area contributed by atoms with Gasteiger partial charge in [0.2, 0.25) is 0 Å². The second kappa shape index (κ2) is 7.94. The van der Waals surface area contributed by atoms with Gasteiger partial charge < -0.3 is 5.32 Å². The maximum atomic E-state index is 11.2. The number of hydrogen-bond acceptors (Lipinski definition) is 3. The van der Waals surface area contributed by atoms with Crippen LogP contribution >= 0.6 is 0 Å². The minimum absolute atomic E-state index is 0.422. The van der Waals surface area contributed by atoms with Crippen molar-refractivity contribution in [1.29, 1.82) is 0 Å². The van der Waals surface area contributed by atoms with Crippen LogP contribution in [0.1, 0.15) is 51.0 Å². The Kier molecular flexibility index (Phi) is 6.23. The summed E-state index contributed by atoms with van der Waals surface area (Å²) in [7, 11) is -3.74. The summed E-state index contributed by atoms with van der Waals surface area (Å²) in [5.41, 5.74) is 1.45. The summed E-state index contributed by atoms with van der Waals surface area (Å²) in [6.45, 7) is 2.83. The molecule has 6 heteroatoms. The van der Waals surface area contributed by atoms with E-state index in [1.165, 1.54) is 38.5 Å². The third kappa shape index (κ3) is 5.94. The highest BCUT2D eigenvalue weighted by atomic mass is 32.2. The topological polar surface area (TPSA) is 84.2 Å². The van der Waals surface area contributed by atoms with Gasteiger partial charge in [-0.2, -0.15) is 8.42 Å². The van der Waals surface area contributed by atoms with E-state index in [2.05, 4.69) is 17.0 Å². The molecule has 1 aromatic rings. The summed E-state index contributed by atoms with van der Waals surface area (Å²) in [6.07, 6.45) is 7.97. The molecular formula is C16H27N3O2S. The van der Waals surface area contributed by atoms with Crippen molar-refractivity contribution >= 4 is 15.9 Å². The molecule has 1 aliphatic rings. The summed E-state index contributed by atoms with van der Waals surface area (Å²) in [4.78, 5) is 0. The van der Waals surface area contributed by atoms with Crippen molar-refractivity contribution in [3.05, 3.63) is 29.8 Å². The lowest BCUT2D eigenvalue weighted by Gasteiger charge is -2.25. The van der Waals surface area contributed by atoms with Crippen molar-refractivity contribution in [2.24, 2.45) is 11.1 Å². The summed E-state index contributed by atoms with van der Waals surface area (Å²) >= 11 is 0. The number of benzene rings is 1. The molecule has 1 aliphatic carbocycles. The molecule has 1 aromatic carbocycles. The highest BCUT2D eigenvalue weighted by Crippen LogP contribution is 2.27. The maximum absolute atomic E-state index is 11.2. The van der Waals surface area contributed by atoms with Crippen LogP contribution in [0.4, 0.5) is 5.69 Å². The Bertz CT molecular complexity index is 569. The highest BCUT2D eigenvalue weighted by molar-refractivity contribution is 7.90. The zero-order valence-corrected chi connectivity index (χ0v) is 14.0. The standard InChI is InChI=1S/C16H27N3O2S/c1-13(11-14-7-3-2-4-8-14)18-12-15-9-5-6-10-16(15)19-22(17,20)21/h5-6,9-10,13-14,18-19H,2-4,7-8,11-12H2,1H3,(H2,17,20,21)/t13-/m0/s1. The minimum Gasteiger partial charge on any atom is -0.310 e. The van der Waals surface area contributed by atoms with Crippen LogP contribution in [0.2, 0.25) is 0 Å². The molecule has 0 bridgehead atoms. The smallest absolute Gasteiger partial charge is 0.296 e. The first-order valence-corrected chi connectivity index (χ1v) is 9.60. The van der Waals surface area contributed by atoms with Crippen molar-refractivity contribution < 1.29 is 8.42 Å². The van der Waals surface area contributed by atoms with E-state index < -0.39 is 10.2 Å². The van der Waals surface area contributed by atoms with Gasteiger partial charge in [-0.25, -0.2) is 5.14 Å². The van der Waals surface area contributed by atoms with Crippen molar-refractivity contribution in [2.75, 3.05) is 4.72 Å². The van der Waals surface area contributed by atoms with Crippen LogP contribution in [0.5, 0.6) is 0 Å². The van der Waals surface area contributed by atoms with Crippen LogP contribution in [0, 0.1) is 5.92 Å². The Morgan fingerprint density at radius 1 is 1.23 bits per heavy atom. The Morgan fingerprint density at radius 2 is 1.91 bits per heavy atom. The first-order valence-electron chi connectivity index (χ1n) is 8.06. The average Bonchev–Trinajstić information content (AvgIpc) is 2.46. The molecule has 0 heterocycles. The van der Waals surface area contributed by atoms with Crippen molar-refractivity contribution in [3.8, 4) is 0 Å². The van der Waals surface area contributed by atoms with E-state index in [9.17, 15) is 8.42 Å². The van der Waals surface area contributed by atoms with Gasteiger partial charge in [-0.05, 0) is 30.9 Å². The molecule has 1 saturated carbocycles. The first-order chi connectivity index (χ1) is 10.4. The Labute approximate surface area is 133 Å². The average molecular weight is 325 g/mol. The number of nitrogens with two attached hydrogens (primary N) is 1. The third-order valence-corrected chi connectivity index (χ3v) is 4.83. The van der Waals surface area contributed by atoms with E-state index in [-0.39, 0.29) is 0 Å². The molecule has 0 saturated heterocycles. The molecule has 1 atom stereocenters. The molecule has 0 radical (unpaired) electrons. The molecule has 124 valence electrons. The first kappa shape index (κ1) is 17.2. The number of nitrogens with one attached hydrogen (secondary N) is 2. The van der Waals surface area contributed by atoms with E-state index in [1.807, 2.05) is 12.1 Å². The quantitative estimate of drug-likeness (QED) is 0.720. The van der Waals surface area contributed by atoms with Crippen LogP contribution in [0.25, 0.3) is 0 Å². The molecule has 0 amide bonds. The Morgan fingerprint density at radius 3 is 2.59 bits per heavy atom. The van der Waals surface area contributed by atoms with E-state index in [4.69, 9.17) is 5.14 Å². The summed E-state index contributed by atoms with van der Waals surface area (Å²) in [5, 5.41) is 8.55. The number of para-hydroxylation sites is 1. The third-order valence-electron chi connectivity index (χ3n) is 4.32. The van der Waals surface area contributed by atoms with Crippen LogP contribution in [0.3, 0.4) is 0 Å². The lowest BCUT2D eigenvalue weighted by atomic mass is 9.85. The van der Waals surface area contributed by atoms with Crippen LogP contribution in [-0.2, 0) is 16.8 Å². The number of anilines is 1. The normalized spacial score (nSPS) is 18.1. The minimum atomic E-state index is -3.74. The lowest BCUT2D eigenvalue weighted by Crippen LogP contribution is -2.29. The monoisotopic (exact) mass is 325 g/mol. The summed E-state index contributed by atoms with van der Waals surface area (Å²) in [6, 6.07) is 7.76. The molecule has 22 heavy (non-hydrogen) atoms. The molecule has 0 aliphatic heterocycles. The van der Waals surface area contributed by atoms with Gasteiger partial charge >= 0.3 is 0 Å². The van der Waals surface area contributed by atoms with Gasteiger partial charge in [0.25, 0.3) is 10.2 Å².